The third-order valence-corrected chi connectivity index (χ3v) is 3.84. The van der Waals surface area contributed by atoms with E-state index in [1.165, 1.54) is 6.92 Å². The van der Waals surface area contributed by atoms with Crippen LogP contribution in [-0.4, -0.2) is 16.2 Å². The predicted molar refractivity (Wildman–Crippen MR) is 61.2 cm³/mol. The minimum Gasteiger partial charge on any atom is -0.294 e. The fraction of sp³-hybridized carbons (Fsp3) is 0.300. The highest BCUT2D eigenvalue weighted by Crippen LogP contribution is 2.25. The molecule has 0 heterocycles. The van der Waals surface area contributed by atoms with E-state index in [0.717, 1.165) is 10.0 Å². The van der Waals surface area contributed by atoms with Gasteiger partial charge in [-0.05, 0) is 31.5 Å². The van der Waals surface area contributed by atoms with Gasteiger partial charge in [0, 0.05) is 21.2 Å². The van der Waals surface area contributed by atoms with Crippen molar-refractivity contribution < 1.29 is 9.00 Å². The van der Waals surface area contributed by atoms with Gasteiger partial charge in [-0.1, -0.05) is 15.9 Å². The van der Waals surface area contributed by atoms with Crippen LogP contribution in [0, 0.1) is 6.92 Å². The Morgan fingerprint density at radius 2 is 2.00 bits per heavy atom. The lowest BCUT2D eigenvalue weighted by Gasteiger charge is -2.09. The van der Waals surface area contributed by atoms with Crippen LogP contribution in [-0.2, 0) is 10.8 Å². The summed E-state index contributed by atoms with van der Waals surface area (Å²) in [6, 6.07) is 3.54. The Kier molecular flexibility index (Phi) is 3.61. The van der Waals surface area contributed by atoms with Gasteiger partial charge in [-0.2, -0.15) is 0 Å². The molecule has 0 aromatic heterocycles. The molecule has 0 saturated heterocycles. The first-order valence-corrected chi connectivity index (χ1v) is 6.43. The SMILES string of the molecule is CC(=O)c1c(S(C)=O)ccc(Br)c1C. The molecule has 1 atom stereocenters. The molecule has 1 unspecified atom stereocenters. The molecule has 0 aliphatic heterocycles. The standard InChI is InChI=1S/C10H11BrO2S/c1-6-8(11)4-5-9(14(3)13)10(6)7(2)12/h4-5H,1-3H3. The van der Waals surface area contributed by atoms with Gasteiger partial charge in [0.05, 0.1) is 10.8 Å². The highest BCUT2D eigenvalue weighted by molar-refractivity contribution is 9.10. The molecular weight excluding hydrogens is 264 g/mol. The van der Waals surface area contributed by atoms with Crippen LogP contribution in [0.2, 0.25) is 0 Å². The van der Waals surface area contributed by atoms with Gasteiger partial charge < -0.3 is 0 Å². The molecule has 1 aromatic rings. The van der Waals surface area contributed by atoms with E-state index in [1.54, 1.807) is 12.3 Å². The molecule has 0 saturated carbocycles. The van der Waals surface area contributed by atoms with Crippen molar-refractivity contribution in [2.24, 2.45) is 0 Å². The Hall–Kier alpha value is -0.480. The summed E-state index contributed by atoms with van der Waals surface area (Å²) in [5.74, 6) is -0.0472. The molecule has 0 spiro atoms. The second-order valence-corrected chi connectivity index (χ2v) is 5.26. The zero-order chi connectivity index (χ0) is 10.9. The molecule has 4 heteroatoms. The predicted octanol–water partition coefficient (Wildman–Crippen LogP) is 2.70. The summed E-state index contributed by atoms with van der Waals surface area (Å²) >= 11 is 3.35. The lowest BCUT2D eigenvalue weighted by atomic mass is 10.1. The summed E-state index contributed by atoms with van der Waals surface area (Å²) in [5, 5.41) is 0. The number of carbonyl (C=O) groups excluding carboxylic acids is 1. The Morgan fingerprint density at radius 3 is 2.43 bits per heavy atom. The number of benzene rings is 1. The highest BCUT2D eigenvalue weighted by atomic mass is 79.9. The van der Waals surface area contributed by atoms with Gasteiger partial charge in [-0.3, -0.25) is 9.00 Å². The van der Waals surface area contributed by atoms with E-state index in [-0.39, 0.29) is 5.78 Å². The molecular formula is C10H11BrO2S. The van der Waals surface area contributed by atoms with Crippen molar-refractivity contribution in [1.29, 1.82) is 0 Å². The Labute approximate surface area is 94.3 Å². The first-order chi connectivity index (χ1) is 6.45. The number of ketones is 1. The zero-order valence-corrected chi connectivity index (χ0v) is 10.7. The maximum absolute atomic E-state index is 11.4. The van der Waals surface area contributed by atoms with Crippen molar-refractivity contribution in [1.82, 2.24) is 0 Å². The lowest BCUT2D eigenvalue weighted by Crippen LogP contribution is -2.04. The van der Waals surface area contributed by atoms with Crippen molar-refractivity contribution in [3.63, 3.8) is 0 Å². The number of rotatable bonds is 2. The maximum atomic E-state index is 11.4. The van der Waals surface area contributed by atoms with Crippen molar-refractivity contribution in [2.75, 3.05) is 6.26 Å². The molecule has 0 bridgehead atoms. The summed E-state index contributed by atoms with van der Waals surface area (Å²) in [7, 11) is -1.12. The number of halogens is 1. The van der Waals surface area contributed by atoms with Gasteiger partial charge in [0.2, 0.25) is 0 Å². The molecule has 1 aromatic carbocycles. The van der Waals surface area contributed by atoms with Crippen LogP contribution in [0.5, 0.6) is 0 Å². The minimum atomic E-state index is -1.12. The van der Waals surface area contributed by atoms with Crippen molar-refractivity contribution in [2.45, 2.75) is 18.7 Å². The molecule has 0 fully saturated rings. The second kappa shape index (κ2) is 4.36. The average molecular weight is 275 g/mol. The first kappa shape index (κ1) is 11.6. The van der Waals surface area contributed by atoms with Crippen LogP contribution in [0.3, 0.4) is 0 Å². The normalized spacial score (nSPS) is 12.6. The molecule has 0 amide bonds. The van der Waals surface area contributed by atoms with Crippen LogP contribution < -0.4 is 0 Å². The van der Waals surface area contributed by atoms with E-state index in [4.69, 9.17) is 0 Å². The van der Waals surface area contributed by atoms with Crippen LogP contribution in [0.1, 0.15) is 22.8 Å². The van der Waals surface area contributed by atoms with Gasteiger partial charge in [-0.25, -0.2) is 0 Å². The molecule has 76 valence electrons. The van der Waals surface area contributed by atoms with Crippen LogP contribution in [0.4, 0.5) is 0 Å². The third-order valence-electron chi connectivity index (χ3n) is 2.02. The average Bonchev–Trinajstić information content (AvgIpc) is 2.08. The molecule has 0 aliphatic carbocycles. The van der Waals surface area contributed by atoms with Gasteiger partial charge in [0.25, 0.3) is 0 Å². The topological polar surface area (TPSA) is 34.1 Å². The smallest absolute Gasteiger partial charge is 0.161 e. The van der Waals surface area contributed by atoms with E-state index in [9.17, 15) is 9.00 Å². The van der Waals surface area contributed by atoms with Crippen molar-refractivity contribution in [3.8, 4) is 0 Å². The number of hydrogen-bond acceptors (Lipinski definition) is 2. The van der Waals surface area contributed by atoms with Crippen LogP contribution >= 0.6 is 15.9 Å². The third kappa shape index (κ3) is 2.12. The summed E-state index contributed by atoms with van der Waals surface area (Å²) in [6.45, 7) is 3.34. The summed E-state index contributed by atoms with van der Waals surface area (Å²) in [5.41, 5.74) is 1.42. The number of Topliss-reactive ketones (excluding diaryl/α,β-unsaturated/α-hetero) is 1. The van der Waals surface area contributed by atoms with Crippen molar-refractivity contribution in [3.05, 3.63) is 27.7 Å². The number of carbonyl (C=O) groups is 1. The zero-order valence-electron chi connectivity index (χ0n) is 8.26. The Morgan fingerprint density at radius 1 is 1.43 bits per heavy atom. The maximum Gasteiger partial charge on any atom is 0.161 e. The quantitative estimate of drug-likeness (QED) is 0.778. The first-order valence-electron chi connectivity index (χ1n) is 4.08. The van der Waals surface area contributed by atoms with E-state index >= 15 is 0 Å². The van der Waals surface area contributed by atoms with Crippen LogP contribution in [0.25, 0.3) is 0 Å². The molecule has 1 rings (SSSR count). The summed E-state index contributed by atoms with van der Waals surface area (Å²) in [4.78, 5) is 12.0. The highest BCUT2D eigenvalue weighted by Gasteiger charge is 2.14. The molecule has 0 radical (unpaired) electrons. The Bertz CT molecular complexity index is 413. The summed E-state index contributed by atoms with van der Waals surface area (Å²) in [6.07, 6.45) is 1.58. The molecule has 2 nitrogen and oxygen atoms in total. The molecule has 0 aliphatic rings. The fourth-order valence-electron chi connectivity index (χ4n) is 1.34. The monoisotopic (exact) mass is 274 g/mol. The number of hydrogen-bond donors (Lipinski definition) is 0. The molecule has 0 N–H and O–H groups in total. The largest absolute Gasteiger partial charge is 0.294 e. The van der Waals surface area contributed by atoms with Crippen LogP contribution in [0.15, 0.2) is 21.5 Å². The van der Waals surface area contributed by atoms with Crippen molar-refractivity contribution >= 4 is 32.5 Å². The fourth-order valence-corrected chi connectivity index (χ4v) is 2.51. The van der Waals surface area contributed by atoms with E-state index in [1.807, 2.05) is 13.0 Å². The summed E-state index contributed by atoms with van der Waals surface area (Å²) < 4.78 is 12.2. The van der Waals surface area contributed by atoms with Gasteiger partial charge in [-0.15, -0.1) is 0 Å². The van der Waals surface area contributed by atoms with E-state index in [2.05, 4.69) is 15.9 Å². The van der Waals surface area contributed by atoms with E-state index in [0.29, 0.717) is 10.5 Å². The van der Waals surface area contributed by atoms with Gasteiger partial charge >= 0.3 is 0 Å². The second-order valence-electron chi connectivity index (χ2n) is 3.06. The molecule has 14 heavy (non-hydrogen) atoms. The van der Waals surface area contributed by atoms with Gasteiger partial charge in [0.15, 0.2) is 5.78 Å². The lowest BCUT2D eigenvalue weighted by molar-refractivity contribution is 0.101. The Balaban J connectivity index is 3.53. The van der Waals surface area contributed by atoms with E-state index < -0.39 is 10.8 Å². The minimum absolute atomic E-state index is 0.0472. The van der Waals surface area contributed by atoms with Gasteiger partial charge in [0.1, 0.15) is 0 Å².